The van der Waals surface area contributed by atoms with Crippen molar-refractivity contribution < 1.29 is 19.4 Å². The van der Waals surface area contributed by atoms with E-state index in [4.69, 9.17) is 9.47 Å². The molecular weight excluding hydrogens is 440 g/mol. The lowest BCUT2D eigenvalue weighted by Crippen LogP contribution is -2.51. The monoisotopic (exact) mass is 480 g/mol. The van der Waals surface area contributed by atoms with Crippen LogP contribution in [0.1, 0.15) is 56.1 Å². The number of amides is 2. The van der Waals surface area contributed by atoms with Gasteiger partial charge in [-0.05, 0) is 69.6 Å². The number of carbonyl (C=O) groups is 1. The van der Waals surface area contributed by atoms with Gasteiger partial charge in [0.1, 0.15) is 11.5 Å². The summed E-state index contributed by atoms with van der Waals surface area (Å²) in [6.07, 6.45) is 6.24. The minimum Gasteiger partial charge on any atom is -0.457 e. The molecule has 6 nitrogen and oxygen atoms in total. The smallest absolute Gasteiger partial charge is 0.320 e. The van der Waals surface area contributed by atoms with Gasteiger partial charge < -0.3 is 24.4 Å². The molecule has 2 fully saturated rings. The maximum absolute atomic E-state index is 13.2. The molecule has 2 aromatic rings. The molecule has 2 saturated heterocycles. The highest BCUT2D eigenvalue weighted by Crippen LogP contribution is 2.44. The summed E-state index contributed by atoms with van der Waals surface area (Å²) in [4.78, 5) is 17.1. The lowest BCUT2D eigenvalue weighted by molar-refractivity contribution is -0.0586. The molecule has 2 aliphatic heterocycles. The van der Waals surface area contributed by atoms with Crippen LogP contribution >= 0.6 is 0 Å². The third-order valence-corrected chi connectivity index (χ3v) is 7.57. The van der Waals surface area contributed by atoms with Crippen molar-refractivity contribution in [2.45, 2.75) is 57.5 Å². The molecule has 6 heteroatoms. The van der Waals surface area contributed by atoms with Crippen LogP contribution in [0.5, 0.6) is 11.5 Å². The summed E-state index contributed by atoms with van der Waals surface area (Å²) in [6.45, 7) is 5.70. The van der Waals surface area contributed by atoms with Gasteiger partial charge in [-0.1, -0.05) is 36.4 Å². The fourth-order valence-electron chi connectivity index (χ4n) is 5.55. The number of rotatable bonds is 9. The molecule has 0 radical (unpaired) electrons. The molecular formula is C29H40N2O4. The van der Waals surface area contributed by atoms with Crippen molar-refractivity contribution in [1.29, 1.82) is 0 Å². The lowest BCUT2D eigenvalue weighted by Gasteiger charge is -2.44. The van der Waals surface area contributed by atoms with Crippen LogP contribution < -0.4 is 4.74 Å². The molecule has 1 N–H and O–H groups in total. The van der Waals surface area contributed by atoms with E-state index in [0.717, 1.165) is 75.0 Å². The average Bonchev–Trinajstić information content (AvgIpc) is 3.43. The van der Waals surface area contributed by atoms with Gasteiger partial charge in [0.25, 0.3) is 0 Å². The first-order chi connectivity index (χ1) is 17.0. The van der Waals surface area contributed by atoms with E-state index in [1.165, 1.54) is 0 Å². The molecule has 4 rings (SSSR count). The number of hydrogen-bond donors (Lipinski definition) is 1. The normalized spacial score (nSPS) is 20.0. The van der Waals surface area contributed by atoms with Gasteiger partial charge in [0.2, 0.25) is 0 Å². The number of hydrogen-bond acceptors (Lipinski definition) is 4. The number of unbranched alkanes of at least 4 members (excludes halogenated alkanes) is 1. The number of likely N-dealkylation sites (tertiary alicyclic amines) is 2. The first kappa shape index (κ1) is 25.5. The summed E-state index contributed by atoms with van der Waals surface area (Å²) in [5.74, 6) is 1.40. The van der Waals surface area contributed by atoms with Crippen LogP contribution in [0.2, 0.25) is 0 Å². The summed E-state index contributed by atoms with van der Waals surface area (Å²) in [5.41, 5.74) is 0.754. The fraction of sp³-hybridized carbons (Fsp3) is 0.552. The van der Waals surface area contributed by atoms with E-state index in [9.17, 15) is 9.90 Å². The van der Waals surface area contributed by atoms with Crippen molar-refractivity contribution in [1.82, 2.24) is 9.80 Å². The number of urea groups is 1. The van der Waals surface area contributed by atoms with Crippen LogP contribution in [0, 0.1) is 12.8 Å². The Kier molecular flexibility index (Phi) is 8.69. The Morgan fingerprint density at radius 1 is 0.971 bits per heavy atom. The number of aryl methyl sites for hydroxylation is 1. The number of piperidine rings is 1. The van der Waals surface area contributed by atoms with Crippen molar-refractivity contribution in [3.8, 4) is 11.5 Å². The van der Waals surface area contributed by atoms with Crippen LogP contribution in [-0.2, 0) is 10.3 Å². The summed E-state index contributed by atoms with van der Waals surface area (Å²) in [5, 5.41) is 12.4. The number of aliphatic hydroxyl groups is 1. The maximum Gasteiger partial charge on any atom is 0.320 e. The molecule has 190 valence electrons. The van der Waals surface area contributed by atoms with Crippen LogP contribution in [0.15, 0.2) is 48.5 Å². The number of methoxy groups -OCH3 is 1. The molecule has 2 amide bonds. The molecule has 0 spiro atoms. The molecule has 35 heavy (non-hydrogen) atoms. The van der Waals surface area contributed by atoms with Crippen LogP contribution in [-0.4, -0.2) is 60.8 Å². The molecule has 0 saturated carbocycles. The van der Waals surface area contributed by atoms with Gasteiger partial charge >= 0.3 is 6.03 Å². The zero-order valence-electron chi connectivity index (χ0n) is 21.2. The van der Waals surface area contributed by atoms with Gasteiger partial charge in [-0.25, -0.2) is 4.79 Å². The predicted octanol–water partition coefficient (Wildman–Crippen LogP) is 5.72. The van der Waals surface area contributed by atoms with Gasteiger partial charge in [0, 0.05) is 51.4 Å². The highest BCUT2D eigenvalue weighted by Gasteiger charge is 2.43. The highest BCUT2D eigenvalue weighted by atomic mass is 16.5. The standard InChI is InChI=1S/C29H40N2O4/c1-23-12-3-5-15-26(23)35-27-16-6-4-14-25(27)29(33,17-7-10-21-34-2)24-13-11-20-31(22-24)28(32)30-18-8-9-19-30/h3-6,12,14-16,24,33H,7-11,13,17-22H2,1-2H3. The van der Waals surface area contributed by atoms with Gasteiger partial charge in [0.05, 0.1) is 5.60 Å². The predicted molar refractivity (Wildman–Crippen MR) is 138 cm³/mol. The van der Waals surface area contributed by atoms with Gasteiger partial charge in [-0.2, -0.15) is 0 Å². The Morgan fingerprint density at radius 3 is 2.40 bits per heavy atom. The molecule has 2 aliphatic rings. The zero-order valence-corrected chi connectivity index (χ0v) is 21.2. The van der Waals surface area contributed by atoms with E-state index in [0.29, 0.717) is 25.3 Å². The molecule has 2 aromatic carbocycles. The minimum atomic E-state index is -1.10. The summed E-state index contributed by atoms with van der Waals surface area (Å²) >= 11 is 0. The van der Waals surface area contributed by atoms with Crippen molar-refractivity contribution in [3.05, 3.63) is 59.7 Å². The van der Waals surface area contributed by atoms with Crippen molar-refractivity contribution in [3.63, 3.8) is 0 Å². The van der Waals surface area contributed by atoms with E-state index in [-0.39, 0.29) is 11.9 Å². The zero-order chi connectivity index (χ0) is 24.7. The quantitative estimate of drug-likeness (QED) is 0.466. The molecule has 0 aliphatic carbocycles. The number of ether oxygens (including phenoxy) is 2. The van der Waals surface area contributed by atoms with E-state index in [2.05, 4.69) is 0 Å². The third-order valence-electron chi connectivity index (χ3n) is 7.57. The number of nitrogens with zero attached hydrogens (tertiary/aromatic N) is 2. The van der Waals surface area contributed by atoms with Crippen LogP contribution in [0.25, 0.3) is 0 Å². The van der Waals surface area contributed by atoms with Gasteiger partial charge in [-0.15, -0.1) is 0 Å². The first-order valence-corrected chi connectivity index (χ1v) is 13.1. The molecule has 0 bridgehead atoms. The maximum atomic E-state index is 13.2. The SMILES string of the molecule is COCCCCC(O)(c1ccccc1Oc1ccccc1C)C1CCCN(C(=O)N2CCCC2)C1. The Labute approximate surface area is 209 Å². The van der Waals surface area contributed by atoms with E-state index >= 15 is 0 Å². The van der Waals surface area contributed by atoms with E-state index < -0.39 is 5.60 Å². The molecule has 2 unspecified atom stereocenters. The largest absolute Gasteiger partial charge is 0.457 e. The Morgan fingerprint density at radius 2 is 1.66 bits per heavy atom. The molecule has 2 heterocycles. The Balaban J connectivity index is 1.62. The summed E-state index contributed by atoms with van der Waals surface area (Å²) < 4.78 is 11.7. The Hall–Kier alpha value is -2.57. The number of carbonyl (C=O) groups excluding carboxylic acids is 1. The first-order valence-electron chi connectivity index (χ1n) is 13.1. The van der Waals surface area contributed by atoms with E-state index in [1.807, 2.05) is 65.3 Å². The second-order valence-electron chi connectivity index (χ2n) is 10.00. The topological polar surface area (TPSA) is 62.2 Å². The second-order valence-corrected chi connectivity index (χ2v) is 10.00. The Bertz CT molecular complexity index is 975. The number of para-hydroxylation sites is 2. The minimum absolute atomic E-state index is 0.0630. The van der Waals surface area contributed by atoms with Crippen LogP contribution in [0.4, 0.5) is 4.79 Å². The van der Waals surface area contributed by atoms with Crippen molar-refractivity contribution >= 4 is 6.03 Å². The van der Waals surface area contributed by atoms with Crippen molar-refractivity contribution in [2.24, 2.45) is 5.92 Å². The average molecular weight is 481 g/mol. The second kappa shape index (κ2) is 11.9. The van der Waals surface area contributed by atoms with E-state index in [1.54, 1.807) is 7.11 Å². The highest BCUT2D eigenvalue weighted by molar-refractivity contribution is 5.74. The van der Waals surface area contributed by atoms with Gasteiger partial charge in [0.15, 0.2) is 0 Å². The number of benzene rings is 2. The van der Waals surface area contributed by atoms with Crippen molar-refractivity contribution in [2.75, 3.05) is 39.9 Å². The summed E-state index contributed by atoms with van der Waals surface area (Å²) in [7, 11) is 1.71. The van der Waals surface area contributed by atoms with Gasteiger partial charge in [-0.3, -0.25) is 0 Å². The fourth-order valence-corrected chi connectivity index (χ4v) is 5.55. The molecule has 2 atom stereocenters. The third kappa shape index (κ3) is 5.99. The summed E-state index contributed by atoms with van der Waals surface area (Å²) in [6, 6.07) is 15.9. The molecule has 0 aromatic heterocycles. The van der Waals surface area contributed by atoms with Crippen LogP contribution in [0.3, 0.4) is 0 Å². The lowest BCUT2D eigenvalue weighted by atomic mass is 9.73.